The number of carbonyl (C=O) groups is 1. The number of rotatable bonds is 6. The Balaban J connectivity index is 2.17. The average molecular weight is 399 g/mol. The molecule has 6 nitrogen and oxygen atoms in total. The Labute approximate surface area is 146 Å². The number of benzene rings is 1. The molecule has 0 unspecified atom stereocenters. The van der Waals surface area contributed by atoms with Crippen molar-refractivity contribution in [3.05, 3.63) is 38.5 Å². The SMILES string of the molecule is COc1cc(C(=O)N/N=C/c2ccc(Br)s2)cc(OC)c1OC. The summed E-state index contributed by atoms with van der Waals surface area (Å²) in [6.07, 6.45) is 1.57. The summed E-state index contributed by atoms with van der Waals surface area (Å²) in [6, 6.07) is 6.93. The van der Waals surface area contributed by atoms with Crippen molar-refractivity contribution in [1.29, 1.82) is 0 Å². The summed E-state index contributed by atoms with van der Waals surface area (Å²) in [5.74, 6) is 0.862. The van der Waals surface area contributed by atoms with Crippen LogP contribution in [-0.4, -0.2) is 33.5 Å². The predicted octanol–water partition coefficient (Wildman–Crippen LogP) is 3.30. The molecule has 0 spiro atoms. The Hall–Kier alpha value is -2.06. The van der Waals surface area contributed by atoms with E-state index in [1.54, 1.807) is 18.3 Å². The van der Waals surface area contributed by atoms with Crippen molar-refractivity contribution in [3.63, 3.8) is 0 Å². The van der Waals surface area contributed by atoms with Gasteiger partial charge in [-0.1, -0.05) is 0 Å². The summed E-state index contributed by atoms with van der Waals surface area (Å²) >= 11 is 4.88. The van der Waals surface area contributed by atoms with Crippen LogP contribution in [0.4, 0.5) is 0 Å². The molecule has 1 amide bonds. The Morgan fingerprint density at radius 1 is 1.17 bits per heavy atom. The summed E-state index contributed by atoms with van der Waals surface area (Å²) < 4.78 is 16.7. The number of nitrogens with one attached hydrogen (secondary N) is 1. The minimum atomic E-state index is -0.379. The number of ether oxygens (including phenoxy) is 3. The molecule has 1 aromatic heterocycles. The second kappa shape index (κ2) is 7.98. The molecule has 1 aromatic carbocycles. The van der Waals surface area contributed by atoms with Crippen LogP contribution in [0.25, 0.3) is 0 Å². The molecule has 0 aliphatic heterocycles. The molecule has 2 aromatic rings. The molecule has 0 aliphatic carbocycles. The van der Waals surface area contributed by atoms with E-state index in [0.717, 1.165) is 8.66 Å². The molecule has 122 valence electrons. The van der Waals surface area contributed by atoms with E-state index in [4.69, 9.17) is 14.2 Å². The summed E-state index contributed by atoms with van der Waals surface area (Å²) in [6.45, 7) is 0. The largest absolute Gasteiger partial charge is 0.493 e. The normalized spacial score (nSPS) is 10.6. The van der Waals surface area contributed by atoms with E-state index in [2.05, 4.69) is 26.5 Å². The monoisotopic (exact) mass is 398 g/mol. The zero-order valence-electron chi connectivity index (χ0n) is 12.8. The van der Waals surface area contributed by atoms with Crippen LogP contribution in [-0.2, 0) is 0 Å². The molecule has 8 heteroatoms. The van der Waals surface area contributed by atoms with Gasteiger partial charge in [-0.2, -0.15) is 5.10 Å². The highest BCUT2D eigenvalue weighted by Gasteiger charge is 2.16. The zero-order valence-corrected chi connectivity index (χ0v) is 15.2. The third-order valence-corrected chi connectivity index (χ3v) is 4.44. The fourth-order valence-corrected chi connectivity index (χ4v) is 3.12. The Kier molecular flexibility index (Phi) is 6.00. The summed E-state index contributed by atoms with van der Waals surface area (Å²) in [5.41, 5.74) is 2.82. The van der Waals surface area contributed by atoms with Gasteiger partial charge in [-0.25, -0.2) is 5.43 Å². The number of thiophene rings is 1. The van der Waals surface area contributed by atoms with Gasteiger partial charge in [0.2, 0.25) is 5.75 Å². The van der Waals surface area contributed by atoms with Gasteiger partial charge in [0.15, 0.2) is 11.5 Å². The fourth-order valence-electron chi connectivity index (χ4n) is 1.83. The molecule has 1 N–H and O–H groups in total. The molecule has 0 bridgehead atoms. The van der Waals surface area contributed by atoms with E-state index in [9.17, 15) is 4.79 Å². The van der Waals surface area contributed by atoms with Gasteiger partial charge >= 0.3 is 0 Å². The summed E-state index contributed by atoms with van der Waals surface area (Å²) in [7, 11) is 4.49. The molecule has 0 aliphatic rings. The standard InChI is InChI=1S/C15H15BrN2O4S/c1-20-11-6-9(7-12(21-2)14(11)22-3)15(19)18-17-8-10-4-5-13(16)23-10/h4-8H,1-3H3,(H,18,19)/b17-8+. The van der Waals surface area contributed by atoms with Crippen LogP contribution in [0.5, 0.6) is 17.2 Å². The lowest BCUT2D eigenvalue weighted by atomic mass is 10.1. The molecule has 2 rings (SSSR count). The molecule has 0 radical (unpaired) electrons. The molecule has 0 saturated heterocycles. The van der Waals surface area contributed by atoms with Crippen molar-refractivity contribution in [2.45, 2.75) is 0 Å². The first-order valence-corrected chi connectivity index (χ1v) is 8.08. The van der Waals surface area contributed by atoms with Crippen molar-refractivity contribution in [3.8, 4) is 17.2 Å². The van der Waals surface area contributed by atoms with Gasteiger partial charge in [0, 0.05) is 10.4 Å². The zero-order chi connectivity index (χ0) is 16.8. The first-order valence-electron chi connectivity index (χ1n) is 6.47. The van der Waals surface area contributed by atoms with Gasteiger partial charge in [-0.15, -0.1) is 11.3 Å². The van der Waals surface area contributed by atoms with E-state index in [0.29, 0.717) is 22.8 Å². The number of halogens is 1. The third kappa shape index (κ3) is 4.23. The topological polar surface area (TPSA) is 69.2 Å². The first-order chi connectivity index (χ1) is 11.1. The third-order valence-electron chi connectivity index (χ3n) is 2.88. The molecular weight excluding hydrogens is 384 g/mol. The van der Waals surface area contributed by atoms with Gasteiger partial charge in [-0.3, -0.25) is 4.79 Å². The van der Waals surface area contributed by atoms with Crippen LogP contribution in [0.1, 0.15) is 15.2 Å². The van der Waals surface area contributed by atoms with Gasteiger partial charge < -0.3 is 14.2 Å². The maximum Gasteiger partial charge on any atom is 0.271 e. The minimum absolute atomic E-state index is 0.351. The maximum absolute atomic E-state index is 12.2. The predicted molar refractivity (Wildman–Crippen MR) is 93.2 cm³/mol. The van der Waals surface area contributed by atoms with Gasteiger partial charge in [0.25, 0.3) is 5.91 Å². The maximum atomic E-state index is 12.2. The highest BCUT2D eigenvalue weighted by Crippen LogP contribution is 2.38. The van der Waals surface area contributed by atoms with E-state index >= 15 is 0 Å². The van der Waals surface area contributed by atoms with E-state index in [1.807, 2.05) is 12.1 Å². The minimum Gasteiger partial charge on any atom is -0.493 e. The van der Waals surface area contributed by atoms with Gasteiger partial charge in [-0.05, 0) is 40.2 Å². The Bertz CT molecular complexity index is 705. The van der Waals surface area contributed by atoms with Gasteiger partial charge in [0.05, 0.1) is 31.3 Å². The number of carbonyl (C=O) groups excluding carboxylic acids is 1. The number of amides is 1. The van der Waals surface area contributed by atoms with Crippen molar-refractivity contribution in [1.82, 2.24) is 5.43 Å². The van der Waals surface area contributed by atoms with Crippen molar-refractivity contribution in [2.75, 3.05) is 21.3 Å². The van der Waals surface area contributed by atoms with Crippen LogP contribution in [0.3, 0.4) is 0 Å². The smallest absolute Gasteiger partial charge is 0.271 e. The molecule has 23 heavy (non-hydrogen) atoms. The highest BCUT2D eigenvalue weighted by atomic mass is 79.9. The molecule has 0 atom stereocenters. The van der Waals surface area contributed by atoms with Crippen molar-refractivity contribution >= 4 is 39.4 Å². The lowest BCUT2D eigenvalue weighted by molar-refractivity contribution is 0.0954. The van der Waals surface area contributed by atoms with Crippen LogP contribution in [0.15, 0.2) is 33.2 Å². The lowest BCUT2D eigenvalue weighted by Crippen LogP contribution is -2.17. The number of hydrazone groups is 1. The van der Waals surface area contributed by atoms with E-state index in [1.165, 1.54) is 32.7 Å². The molecular formula is C15H15BrN2O4S. The van der Waals surface area contributed by atoms with Gasteiger partial charge in [0.1, 0.15) is 0 Å². The van der Waals surface area contributed by atoms with Crippen LogP contribution < -0.4 is 19.6 Å². The number of methoxy groups -OCH3 is 3. The van der Waals surface area contributed by atoms with Crippen LogP contribution in [0.2, 0.25) is 0 Å². The number of nitrogens with zero attached hydrogens (tertiary/aromatic N) is 1. The molecule has 1 heterocycles. The Morgan fingerprint density at radius 3 is 2.30 bits per heavy atom. The lowest BCUT2D eigenvalue weighted by Gasteiger charge is -2.13. The summed E-state index contributed by atoms with van der Waals surface area (Å²) in [4.78, 5) is 13.1. The van der Waals surface area contributed by atoms with Crippen LogP contribution >= 0.6 is 27.3 Å². The number of hydrogen-bond acceptors (Lipinski definition) is 6. The van der Waals surface area contributed by atoms with Crippen molar-refractivity contribution in [2.24, 2.45) is 5.10 Å². The summed E-state index contributed by atoms with van der Waals surface area (Å²) in [5, 5.41) is 3.94. The quantitative estimate of drug-likeness (QED) is 0.598. The highest BCUT2D eigenvalue weighted by molar-refractivity contribution is 9.11. The van der Waals surface area contributed by atoms with Crippen molar-refractivity contribution < 1.29 is 19.0 Å². The molecule has 0 saturated carbocycles. The first kappa shape index (κ1) is 17.3. The fraction of sp³-hybridized carbons (Fsp3) is 0.200. The molecule has 0 fully saturated rings. The average Bonchev–Trinajstić information content (AvgIpc) is 2.98. The Morgan fingerprint density at radius 2 is 1.83 bits per heavy atom. The second-order valence-electron chi connectivity index (χ2n) is 4.26. The number of hydrogen-bond donors (Lipinski definition) is 1. The van der Waals surface area contributed by atoms with E-state index < -0.39 is 0 Å². The van der Waals surface area contributed by atoms with Crippen LogP contribution in [0, 0.1) is 0 Å². The van der Waals surface area contributed by atoms with E-state index in [-0.39, 0.29) is 5.91 Å². The second-order valence-corrected chi connectivity index (χ2v) is 6.75.